The van der Waals surface area contributed by atoms with Crippen molar-refractivity contribution in [1.82, 2.24) is 29.7 Å². The highest BCUT2D eigenvalue weighted by atomic mass is 15.4. The maximum Gasteiger partial charge on any atom is 0.258 e. The van der Waals surface area contributed by atoms with Crippen molar-refractivity contribution in [2.24, 2.45) is 0 Å². The Morgan fingerprint density at radius 2 is 2.20 bits per heavy atom. The van der Waals surface area contributed by atoms with E-state index in [-0.39, 0.29) is 0 Å². The largest absolute Gasteiger partial charge is 0.354 e. The third-order valence-corrected chi connectivity index (χ3v) is 3.18. The van der Waals surface area contributed by atoms with Crippen LogP contribution in [0.3, 0.4) is 0 Å². The van der Waals surface area contributed by atoms with Gasteiger partial charge in [0.05, 0.1) is 0 Å². The highest BCUT2D eigenvalue weighted by molar-refractivity contribution is 5.41. The molecule has 1 N–H and O–H groups in total. The predicted octanol–water partition coefficient (Wildman–Crippen LogP) is 0.873. The van der Waals surface area contributed by atoms with Crippen LogP contribution in [0.2, 0.25) is 0 Å². The second-order valence-corrected chi connectivity index (χ2v) is 4.87. The lowest BCUT2D eigenvalue weighted by molar-refractivity contribution is 0.769. The van der Waals surface area contributed by atoms with E-state index >= 15 is 0 Å². The van der Waals surface area contributed by atoms with E-state index in [9.17, 15) is 0 Å². The van der Waals surface area contributed by atoms with E-state index in [1.165, 1.54) is 19.2 Å². The zero-order chi connectivity index (χ0) is 13.9. The summed E-state index contributed by atoms with van der Waals surface area (Å²) in [7, 11) is 2.02. The topological polar surface area (TPSA) is 84.7 Å². The number of hydrogen-bond acceptors (Lipinski definition) is 7. The highest BCUT2D eigenvalue weighted by Gasteiger charge is 2.28. The molecule has 0 atom stereocenters. The molecule has 0 aliphatic heterocycles. The van der Waals surface area contributed by atoms with E-state index in [1.54, 1.807) is 11.0 Å². The molecule has 2 heterocycles. The quantitative estimate of drug-likeness (QED) is 0.836. The first kappa shape index (κ1) is 12.8. The summed E-state index contributed by atoms with van der Waals surface area (Å²) in [5.41, 5.74) is 0. The van der Waals surface area contributed by atoms with E-state index in [2.05, 4.69) is 42.2 Å². The average Bonchev–Trinajstić information content (AvgIpc) is 3.18. The van der Waals surface area contributed by atoms with Crippen molar-refractivity contribution in [3.05, 3.63) is 12.7 Å². The van der Waals surface area contributed by atoms with Crippen molar-refractivity contribution in [1.29, 1.82) is 0 Å². The minimum Gasteiger partial charge on any atom is -0.354 e. The number of aromatic nitrogens is 6. The SMILES string of the molecule is CCCNc1nc(N(C)C2CC2)nc(-n2cncn2)n1. The summed E-state index contributed by atoms with van der Waals surface area (Å²) in [4.78, 5) is 19.3. The molecule has 0 unspecified atom stereocenters. The molecule has 0 radical (unpaired) electrons. The minimum absolute atomic E-state index is 0.485. The molecule has 0 saturated heterocycles. The van der Waals surface area contributed by atoms with Gasteiger partial charge in [-0.15, -0.1) is 0 Å². The fourth-order valence-corrected chi connectivity index (χ4v) is 1.87. The number of rotatable bonds is 6. The number of nitrogens with one attached hydrogen (secondary N) is 1. The van der Waals surface area contributed by atoms with Crippen molar-refractivity contribution in [3.63, 3.8) is 0 Å². The molecular weight excluding hydrogens is 256 g/mol. The van der Waals surface area contributed by atoms with Crippen LogP contribution in [0.4, 0.5) is 11.9 Å². The fraction of sp³-hybridized carbons (Fsp3) is 0.583. The first-order valence-corrected chi connectivity index (χ1v) is 6.85. The van der Waals surface area contributed by atoms with Gasteiger partial charge >= 0.3 is 0 Å². The molecule has 1 aliphatic carbocycles. The molecule has 1 fully saturated rings. The Labute approximate surface area is 117 Å². The molecule has 3 rings (SSSR count). The van der Waals surface area contributed by atoms with Gasteiger partial charge in [-0.05, 0) is 19.3 Å². The third-order valence-electron chi connectivity index (χ3n) is 3.18. The summed E-state index contributed by atoms with van der Waals surface area (Å²) in [5, 5.41) is 7.28. The lowest BCUT2D eigenvalue weighted by atomic mass is 10.5. The van der Waals surface area contributed by atoms with Crippen LogP contribution < -0.4 is 10.2 Å². The van der Waals surface area contributed by atoms with Crippen LogP contribution in [0.1, 0.15) is 26.2 Å². The van der Waals surface area contributed by atoms with Crippen LogP contribution >= 0.6 is 0 Å². The van der Waals surface area contributed by atoms with Crippen LogP contribution in [0.15, 0.2) is 12.7 Å². The molecule has 2 aromatic rings. The van der Waals surface area contributed by atoms with Gasteiger partial charge in [0.2, 0.25) is 11.9 Å². The normalized spacial score (nSPS) is 14.3. The average molecular weight is 274 g/mol. The number of anilines is 2. The Hall–Kier alpha value is -2.25. The zero-order valence-corrected chi connectivity index (χ0v) is 11.7. The predicted molar refractivity (Wildman–Crippen MR) is 74.9 cm³/mol. The van der Waals surface area contributed by atoms with Crippen LogP contribution in [-0.2, 0) is 0 Å². The first-order valence-electron chi connectivity index (χ1n) is 6.85. The highest BCUT2D eigenvalue weighted by Crippen LogP contribution is 2.28. The van der Waals surface area contributed by atoms with Gasteiger partial charge in [0.15, 0.2) is 0 Å². The monoisotopic (exact) mass is 274 g/mol. The Morgan fingerprint density at radius 3 is 2.85 bits per heavy atom. The molecule has 0 spiro atoms. The van der Waals surface area contributed by atoms with Gasteiger partial charge in [0, 0.05) is 19.6 Å². The van der Waals surface area contributed by atoms with Crippen molar-refractivity contribution < 1.29 is 0 Å². The number of nitrogens with zero attached hydrogens (tertiary/aromatic N) is 7. The second-order valence-electron chi connectivity index (χ2n) is 4.87. The molecule has 0 aromatic carbocycles. The van der Waals surface area contributed by atoms with Crippen LogP contribution in [0.5, 0.6) is 0 Å². The summed E-state index contributed by atoms with van der Waals surface area (Å²) in [6, 6.07) is 0.542. The Kier molecular flexibility index (Phi) is 3.44. The standard InChI is InChI=1S/C12H18N8/c1-3-6-14-10-16-11(19(2)9-4-5-9)18-12(17-10)20-8-13-7-15-20/h7-9H,3-6H2,1-2H3,(H,14,16,17,18). The lowest BCUT2D eigenvalue weighted by Crippen LogP contribution is -2.24. The van der Waals surface area contributed by atoms with Crippen LogP contribution in [0.25, 0.3) is 5.95 Å². The molecule has 2 aromatic heterocycles. The van der Waals surface area contributed by atoms with E-state index in [1.807, 2.05) is 7.05 Å². The molecule has 0 amide bonds. The minimum atomic E-state index is 0.485. The fourth-order valence-electron chi connectivity index (χ4n) is 1.87. The molecular formula is C12H18N8. The maximum absolute atomic E-state index is 4.47. The summed E-state index contributed by atoms with van der Waals surface area (Å²) < 4.78 is 1.54. The molecule has 20 heavy (non-hydrogen) atoms. The Morgan fingerprint density at radius 1 is 1.35 bits per heavy atom. The van der Waals surface area contributed by atoms with E-state index in [0.717, 1.165) is 13.0 Å². The summed E-state index contributed by atoms with van der Waals surface area (Å²) >= 11 is 0. The van der Waals surface area contributed by atoms with E-state index < -0.39 is 0 Å². The van der Waals surface area contributed by atoms with Crippen molar-refractivity contribution >= 4 is 11.9 Å². The Bertz CT molecular complexity index is 563. The molecule has 1 saturated carbocycles. The molecule has 1 aliphatic rings. The van der Waals surface area contributed by atoms with E-state index in [4.69, 9.17) is 0 Å². The first-order chi connectivity index (χ1) is 9.78. The molecule has 8 nitrogen and oxygen atoms in total. The van der Waals surface area contributed by atoms with Gasteiger partial charge < -0.3 is 10.2 Å². The summed E-state index contributed by atoms with van der Waals surface area (Å²) in [6.45, 7) is 2.93. The van der Waals surface area contributed by atoms with Crippen LogP contribution in [0, 0.1) is 0 Å². The van der Waals surface area contributed by atoms with E-state index in [0.29, 0.717) is 23.9 Å². The van der Waals surface area contributed by atoms with Crippen LogP contribution in [-0.4, -0.2) is 49.4 Å². The second kappa shape index (κ2) is 5.40. The molecule has 106 valence electrons. The zero-order valence-electron chi connectivity index (χ0n) is 11.7. The maximum atomic E-state index is 4.47. The molecule has 8 heteroatoms. The van der Waals surface area contributed by atoms with Gasteiger partial charge in [-0.2, -0.15) is 24.7 Å². The van der Waals surface area contributed by atoms with Crippen molar-refractivity contribution in [2.45, 2.75) is 32.2 Å². The summed E-state index contributed by atoms with van der Waals surface area (Å²) in [6.07, 6.45) is 6.45. The van der Waals surface area contributed by atoms with Crippen molar-refractivity contribution in [2.75, 3.05) is 23.8 Å². The Balaban J connectivity index is 1.94. The van der Waals surface area contributed by atoms with Gasteiger partial charge in [-0.3, -0.25) is 0 Å². The number of hydrogen-bond donors (Lipinski definition) is 1. The lowest BCUT2D eigenvalue weighted by Gasteiger charge is -2.17. The van der Waals surface area contributed by atoms with Gasteiger partial charge in [0.25, 0.3) is 5.95 Å². The molecule has 0 bridgehead atoms. The summed E-state index contributed by atoms with van der Waals surface area (Å²) in [5.74, 6) is 1.74. The van der Waals surface area contributed by atoms with Gasteiger partial charge in [-0.25, -0.2) is 4.98 Å². The van der Waals surface area contributed by atoms with Crippen molar-refractivity contribution in [3.8, 4) is 5.95 Å². The third kappa shape index (κ3) is 2.68. The van der Waals surface area contributed by atoms with Gasteiger partial charge in [0.1, 0.15) is 12.7 Å². The van der Waals surface area contributed by atoms with Gasteiger partial charge in [-0.1, -0.05) is 6.92 Å². The smallest absolute Gasteiger partial charge is 0.258 e.